The Kier molecular flexibility index (Phi) is 6.21. The lowest BCUT2D eigenvalue weighted by molar-refractivity contribution is -0.133. The summed E-state index contributed by atoms with van der Waals surface area (Å²) in [5, 5.41) is 15.5. The van der Waals surface area contributed by atoms with E-state index in [0.717, 1.165) is 6.42 Å². The third-order valence-electron chi connectivity index (χ3n) is 5.98. The highest BCUT2D eigenvalue weighted by Crippen LogP contribution is 2.25. The number of nitrogens with one attached hydrogen (secondary N) is 1. The lowest BCUT2D eigenvalue weighted by Gasteiger charge is -2.28. The Bertz CT molecular complexity index is 1370. The molecule has 3 aromatic carbocycles. The van der Waals surface area contributed by atoms with Crippen molar-refractivity contribution in [2.45, 2.75) is 19.5 Å². The highest BCUT2D eigenvalue weighted by atomic mass is 16.5. The largest absolute Gasteiger partial charge is 0.497 e. The molecule has 9 heteroatoms. The van der Waals surface area contributed by atoms with Crippen LogP contribution in [0.1, 0.15) is 21.5 Å². The molecule has 0 unspecified atom stereocenters. The maximum atomic E-state index is 12.9. The van der Waals surface area contributed by atoms with Crippen molar-refractivity contribution in [2.24, 2.45) is 0 Å². The third kappa shape index (κ3) is 4.89. The van der Waals surface area contributed by atoms with Crippen LogP contribution in [0.15, 0.2) is 72.8 Å². The van der Waals surface area contributed by atoms with E-state index in [1.165, 1.54) is 15.9 Å². The Balaban J connectivity index is 1.28. The number of rotatable bonds is 6. The summed E-state index contributed by atoms with van der Waals surface area (Å²) in [6.07, 6.45) is 0.833. The number of hydrogen-bond donors (Lipinski definition) is 1. The SMILES string of the molecule is COc1ccc(C(=O)Nc2ccccc2-c2nnn(CC(=O)N3CCc4ccccc4C3)n2)cc1. The van der Waals surface area contributed by atoms with Crippen molar-refractivity contribution in [3.8, 4) is 17.1 Å². The second-order valence-electron chi connectivity index (χ2n) is 8.21. The predicted octanol–water partition coefficient (Wildman–Crippen LogP) is 3.19. The molecule has 2 amide bonds. The van der Waals surface area contributed by atoms with Gasteiger partial charge in [-0.15, -0.1) is 10.2 Å². The minimum absolute atomic E-state index is 0.00442. The number of amides is 2. The summed E-state index contributed by atoms with van der Waals surface area (Å²) in [6.45, 7) is 1.24. The van der Waals surface area contributed by atoms with Gasteiger partial charge >= 0.3 is 0 Å². The zero-order valence-electron chi connectivity index (χ0n) is 19.2. The van der Waals surface area contributed by atoms with Crippen molar-refractivity contribution in [2.75, 3.05) is 19.0 Å². The number of carbonyl (C=O) groups excluding carboxylic acids is 2. The van der Waals surface area contributed by atoms with E-state index in [2.05, 4.69) is 32.9 Å². The first kappa shape index (κ1) is 22.3. The molecule has 0 atom stereocenters. The number of methoxy groups -OCH3 is 1. The molecule has 0 aliphatic carbocycles. The molecule has 2 heterocycles. The van der Waals surface area contributed by atoms with Gasteiger partial charge < -0.3 is 15.0 Å². The number of carbonyl (C=O) groups is 2. The molecule has 5 rings (SSSR count). The quantitative estimate of drug-likeness (QED) is 0.466. The zero-order chi connectivity index (χ0) is 24.2. The highest BCUT2D eigenvalue weighted by Gasteiger charge is 2.22. The number of aromatic nitrogens is 4. The predicted molar refractivity (Wildman–Crippen MR) is 130 cm³/mol. The standard InChI is InChI=1S/C26H24N6O3/c1-35-21-12-10-19(11-13-21)26(34)27-23-9-5-4-8-22(23)25-28-30-32(29-25)17-24(33)31-15-14-18-6-2-3-7-20(18)16-31/h2-13H,14-17H2,1H3,(H,27,34). The number of tetrazole rings is 1. The van der Waals surface area contributed by atoms with E-state index >= 15 is 0 Å². The molecule has 4 aromatic rings. The first-order chi connectivity index (χ1) is 17.1. The van der Waals surface area contributed by atoms with Gasteiger partial charge in [-0.25, -0.2) is 0 Å². The smallest absolute Gasteiger partial charge is 0.255 e. The Morgan fingerprint density at radius 3 is 2.51 bits per heavy atom. The van der Waals surface area contributed by atoms with Crippen LogP contribution in [-0.2, 0) is 24.3 Å². The number of para-hydroxylation sites is 1. The molecular weight excluding hydrogens is 444 g/mol. The van der Waals surface area contributed by atoms with E-state index in [0.29, 0.717) is 41.5 Å². The van der Waals surface area contributed by atoms with E-state index in [4.69, 9.17) is 4.74 Å². The summed E-state index contributed by atoms with van der Waals surface area (Å²) in [5.41, 5.74) is 4.10. The van der Waals surface area contributed by atoms with Crippen LogP contribution in [0.5, 0.6) is 5.75 Å². The zero-order valence-corrected chi connectivity index (χ0v) is 19.2. The summed E-state index contributed by atoms with van der Waals surface area (Å²) in [4.78, 5) is 28.7. The maximum absolute atomic E-state index is 12.9. The average molecular weight is 469 g/mol. The molecule has 1 aromatic heterocycles. The van der Waals surface area contributed by atoms with E-state index in [-0.39, 0.29) is 18.4 Å². The summed E-state index contributed by atoms with van der Waals surface area (Å²) in [6, 6.07) is 22.2. The lowest BCUT2D eigenvalue weighted by Crippen LogP contribution is -2.38. The number of fused-ring (bicyclic) bond motifs is 1. The fourth-order valence-electron chi connectivity index (χ4n) is 4.07. The van der Waals surface area contributed by atoms with Gasteiger partial charge in [-0.05, 0) is 59.2 Å². The molecule has 35 heavy (non-hydrogen) atoms. The number of nitrogens with zero attached hydrogens (tertiary/aromatic N) is 5. The molecule has 0 fully saturated rings. The fraction of sp³-hybridized carbons (Fsp3) is 0.192. The van der Waals surface area contributed by atoms with Gasteiger partial charge in [0.15, 0.2) is 0 Å². The van der Waals surface area contributed by atoms with Crippen molar-refractivity contribution in [1.29, 1.82) is 0 Å². The highest BCUT2D eigenvalue weighted by molar-refractivity contribution is 6.06. The Hall–Kier alpha value is -4.53. The Morgan fingerprint density at radius 2 is 1.71 bits per heavy atom. The molecule has 0 saturated carbocycles. The topological polar surface area (TPSA) is 102 Å². The lowest BCUT2D eigenvalue weighted by atomic mass is 10.00. The maximum Gasteiger partial charge on any atom is 0.255 e. The summed E-state index contributed by atoms with van der Waals surface area (Å²) in [7, 11) is 1.57. The molecule has 0 radical (unpaired) electrons. The Labute approximate surface area is 202 Å². The van der Waals surface area contributed by atoms with Crippen LogP contribution < -0.4 is 10.1 Å². The van der Waals surface area contributed by atoms with E-state index in [1.54, 1.807) is 43.5 Å². The summed E-state index contributed by atoms with van der Waals surface area (Å²) >= 11 is 0. The van der Waals surface area contributed by atoms with Gasteiger partial charge in [0.2, 0.25) is 11.7 Å². The second-order valence-corrected chi connectivity index (χ2v) is 8.21. The van der Waals surface area contributed by atoms with Crippen molar-refractivity contribution < 1.29 is 14.3 Å². The van der Waals surface area contributed by atoms with Crippen LogP contribution in [-0.4, -0.2) is 50.6 Å². The average Bonchev–Trinajstić information content (AvgIpc) is 3.37. The molecule has 0 saturated heterocycles. The van der Waals surface area contributed by atoms with Gasteiger partial charge in [0.05, 0.1) is 12.8 Å². The molecule has 0 bridgehead atoms. The minimum Gasteiger partial charge on any atom is -0.497 e. The first-order valence-corrected chi connectivity index (χ1v) is 11.3. The van der Waals surface area contributed by atoms with Gasteiger partial charge in [-0.1, -0.05) is 36.4 Å². The molecule has 1 N–H and O–H groups in total. The van der Waals surface area contributed by atoms with Gasteiger partial charge in [-0.3, -0.25) is 9.59 Å². The van der Waals surface area contributed by atoms with Gasteiger partial charge in [0.25, 0.3) is 5.91 Å². The summed E-state index contributed by atoms with van der Waals surface area (Å²) < 4.78 is 5.14. The van der Waals surface area contributed by atoms with Crippen LogP contribution in [0.2, 0.25) is 0 Å². The van der Waals surface area contributed by atoms with Crippen LogP contribution in [0.25, 0.3) is 11.4 Å². The van der Waals surface area contributed by atoms with E-state index < -0.39 is 0 Å². The Morgan fingerprint density at radius 1 is 0.971 bits per heavy atom. The van der Waals surface area contributed by atoms with E-state index in [1.807, 2.05) is 29.2 Å². The van der Waals surface area contributed by atoms with Crippen LogP contribution in [0.3, 0.4) is 0 Å². The monoisotopic (exact) mass is 468 g/mol. The van der Waals surface area contributed by atoms with Crippen molar-refractivity contribution in [3.05, 3.63) is 89.5 Å². The molecule has 1 aliphatic heterocycles. The number of hydrogen-bond acceptors (Lipinski definition) is 6. The van der Waals surface area contributed by atoms with Crippen molar-refractivity contribution in [1.82, 2.24) is 25.1 Å². The molecule has 1 aliphatic rings. The third-order valence-corrected chi connectivity index (χ3v) is 5.98. The van der Waals surface area contributed by atoms with Gasteiger partial charge in [0.1, 0.15) is 12.3 Å². The van der Waals surface area contributed by atoms with Gasteiger partial charge in [-0.2, -0.15) is 4.80 Å². The molecule has 0 spiro atoms. The molecule has 176 valence electrons. The van der Waals surface area contributed by atoms with Crippen LogP contribution in [0.4, 0.5) is 5.69 Å². The normalized spacial score (nSPS) is 12.7. The van der Waals surface area contributed by atoms with E-state index in [9.17, 15) is 9.59 Å². The van der Waals surface area contributed by atoms with Crippen LogP contribution >= 0.6 is 0 Å². The summed E-state index contributed by atoms with van der Waals surface area (Å²) in [5.74, 6) is 0.663. The second kappa shape index (κ2) is 9.76. The minimum atomic E-state index is -0.270. The van der Waals surface area contributed by atoms with Crippen molar-refractivity contribution in [3.63, 3.8) is 0 Å². The number of ether oxygens (including phenoxy) is 1. The number of benzene rings is 3. The van der Waals surface area contributed by atoms with Crippen LogP contribution in [0, 0.1) is 0 Å². The number of anilines is 1. The van der Waals surface area contributed by atoms with Crippen molar-refractivity contribution >= 4 is 17.5 Å². The molecule has 9 nitrogen and oxygen atoms in total. The van der Waals surface area contributed by atoms with Gasteiger partial charge in [0, 0.05) is 24.2 Å². The first-order valence-electron chi connectivity index (χ1n) is 11.3. The molecular formula is C26H24N6O3. The fourth-order valence-corrected chi connectivity index (χ4v) is 4.07.